The van der Waals surface area contributed by atoms with Crippen LogP contribution in [0.1, 0.15) is 57.4 Å². The molecule has 0 radical (unpaired) electrons. The predicted octanol–water partition coefficient (Wildman–Crippen LogP) is 4.45. The molecular weight excluding hydrogens is 438 g/mol. The van der Waals surface area contributed by atoms with Gasteiger partial charge in [0.1, 0.15) is 0 Å². The molecule has 1 aromatic heterocycles. The summed E-state index contributed by atoms with van der Waals surface area (Å²) in [6, 6.07) is 19.6. The second kappa shape index (κ2) is 7.92. The number of carbonyl (C=O) groups is 2. The van der Waals surface area contributed by atoms with Gasteiger partial charge in [0, 0.05) is 30.9 Å². The molecule has 3 aliphatic rings. The number of ether oxygens (including phenoxy) is 1. The van der Waals surface area contributed by atoms with Gasteiger partial charge in [-0.3, -0.25) is 9.78 Å². The minimum Gasteiger partial charge on any atom is -0.449 e. The smallest absolute Gasteiger partial charge is 0.341 e. The van der Waals surface area contributed by atoms with E-state index in [2.05, 4.69) is 11.1 Å². The largest absolute Gasteiger partial charge is 0.449 e. The average molecular weight is 462 g/mol. The minimum atomic E-state index is -0.749. The Morgan fingerprint density at radius 1 is 1.00 bits per heavy atom. The van der Waals surface area contributed by atoms with E-state index in [-0.39, 0.29) is 11.9 Å². The Hall–Kier alpha value is -4.24. The fraction of sp³-hybridized carbons (Fsp3) is 0.241. The molecule has 0 unspecified atom stereocenters. The van der Waals surface area contributed by atoms with Crippen molar-refractivity contribution in [2.24, 2.45) is 0 Å². The van der Waals surface area contributed by atoms with Crippen molar-refractivity contribution in [1.29, 1.82) is 5.26 Å². The SMILES string of the molecule is N#Cc1ccc(C=Cc2ccc(C3(C(=O)N4CC[C@@]5(C4)OC(=O)c4cnccc45)CC3)cc2)cc1. The van der Waals surface area contributed by atoms with Crippen LogP contribution in [-0.2, 0) is 20.5 Å². The maximum absolute atomic E-state index is 13.6. The molecule has 2 aromatic carbocycles. The Kier molecular flexibility index (Phi) is 4.82. The lowest BCUT2D eigenvalue weighted by molar-refractivity contribution is -0.134. The summed E-state index contributed by atoms with van der Waals surface area (Å²) in [6.07, 6.45) is 9.53. The fourth-order valence-electron chi connectivity index (χ4n) is 5.33. The highest BCUT2D eigenvalue weighted by molar-refractivity contribution is 5.95. The number of nitriles is 1. The van der Waals surface area contributed by atoms with Crippen LogP contribution in [0.3, 0.4) is 0 Å². The summed E-state index contributed by atoms with van der Waals surface area (Å²) in [6.45, 7) is 0.961. The monoisotopic (exact) mass is 461 g/mol. The number of benzene rings is 2. The van der Waals surface area contributed by atoms with E-state index in [0.717, 1.165) is 35.1 Å². The Morgan fingerprint density at radius 2 is 1.69 bits per heavy atom. The molecule has 1 saturated heterocycles. The Morgan fingerprint density at radius 3 is 2.34 bits per heavy atom. The van der Waals surface area contributed by atoms with Gasteiger partial charge in [-0.25, -0.2) is 4.79 Å². The normalized spacial score (nSPS) is 21.7. The molecule has 2 fully saturated rings. The summed E-state index contributed by atoms with van der Waals surface area (Å²) < 4.78 is 5.80. The third-order valence-corrected chi connectivity index (χ3v) is 7.47. The first-order valence-electron chi connectivity index (χ1n) is 11.8. The van der Waals surface area contributed by atoms with Crippen LogP contribution < -0.4 is 0 Å². The predicted molar refractivity (Wildman–Crippen MR) is 130 cm³/mol. The number of hydrogen-bond acceptors (Lipinski definition) is 5. The van der Waals surface area contributed by atoms with Gasteiger partial charge in [0.25, 0.3) is 0 Å². The van der Waals surface area contributed by atoms with Gasteiger partial charge in [-0.15, -0.1) is 0 Å². The molecule has 35 heavy (non-hydrogen) atoms. The number of pyridine rings is 1. The number of fused-ring (bicyclic) bond motifs is 2. The summed E-state index contributed by atoms with van der Waals surface area (Å²) in [7, 11) is 0. The van der Waals surface area contributed by atoms with Gasteiger partial charge in [0.15, 0.2) is 5.60 Å². The summed E-state index contributed by atoms with van der Waals surface area (Å²) in [5.74, 6) is -0.234. The van der Waals surface area contributed by atoms with E-state index < -0.39 is 11.0 Å². The van der Waals surface area contributed by atoms with E-state index in [1.807, 2.05) is 59.5 Å². The minimum absolute atomic E-state index is 0.119. The summed E-state index contributed by atoms with van der Waals surface area (Å²) in [4.78, 5) is 31.9. The van der Waals surface area contributed by atoms with E-state index in [1.54, 1.807) is 24.5 Å². The van der Waals surface area contributed by atoms with E-state index in [9.17, 15) is 9.59 Å². The Labute approximate surface area is 203 Å². The van der Waals surface area contributed by atoms with Crippen molar-refractivity contribution < 1.29 is 14.3 Å². The fourth-order valence-corrected chi connectivity index (χ4v) is 5.33. The summed E-state index contributed by atoms with van der Waals surface area (Å²) in [5.41, 5.74) is 3.86. The molecule has 6 rings (SSSR count). The van der Waals surface area contributed by atoms with E-state index in [4.69, 9.17) is 10.00 Å². The van der Waals surface area contributed by atoms with Crippen LogP contribution >= 0.6 is 0 Å². The zero-order valence-electron chi connectivity index (χ0n) is 19.1. The van der Waals surface area contributed by atoms with Crippen molar-refractivity contribution in [3.05, 3.63) is 100 Å². The van der Waals surface area contributed by atoms with Crippen LogP contribution in [0, 0.1) is 11.3 Å². The number of rotatable bonds is 4. The van der Waals surface area contributed by atoms with Crippen LogP contribution in [0.15, 0.2) is 67.0 Å². The lowest BCUT2D eigenvalue weighted by Crippen LogP contribution is -2.40. The topological polar surface area (TPSA) is 83.3 Å². The molecule has 0 bridgehead atoms. The van der Waals surface area contributed by atoms with Crippen molar-refractivity contribution in [1.82, 2.24) is 9.88 Å². The molecule has 1 spiro atoms. The second-order valence-electron chi connectivity index (χ2n) is 9.55. The van der Waals surface area contributed by atoms with Crippen LogP contribution in [-0.4, -0.2) is 34.8 Å². The van der Waals surface area contributed by atoms with E-state index in [0.29, 0.717) is 30.6 Å². The van der Waals surface area contributed by atoms with Crippen LogP contribution in [0.5, 0.6) is 0 Å². The molecule has 3 aromatic rings. The van der Waals surface area contributed by atoms with Gasteiger partial charge < -0.3 is 9.64 Å². The molecular formula is C29H23N3O3. The van der Waals surface area contributed by atoms with Gasteiger partial charge in [0.05, 0.1) is 29.2 Å². The first kappa shape index (κ1) is 21.3. The van der Waals surface area contributed by atoms with Crippen molar-refractivity contribution >= 4 is 24.0 Å². The van der Waals surface area contributed by atoms with E-state index >= 15 is 0 Å². The molecule has 3 heterocycles. The van der Waals surface area contributed by atoms with Crippen molar-refractivity contribution in [2.45, 2.75) is 30.3 Å². The molecule has 1 atom stereocenters. The highest BCUT2D eigenvalue weighted by Gasteiger charge is 2.57. The molecule has 1 aliphatic carbocycles. The molecule has 1 saturated carbocycles. The first-order valence-corrected chi connectivity index (χ1v) is 11.8. The highest BCUT2D eigenvalue weighted by atomic mass is 16.6. The van der Waals surface area contributed by atoms with Gasteiger partial charge in [-0.05, 0) is 47.7 Å². The lowest BCUT2D eigenvalue weighted by atomic mass is 9.92. The van der Waals surface area contributed by atoms with Crippen molar-refractivity contribution in [3.8, 4) is 6.07 Å². The lowest BCUT2D eigenvalue weighted by Gasteiger charge is -2.27. The molecule has 2 aliphatic heterocycles. The van der Waals surface area contributed by atoms with Gasteiger partial charge in [-0.1, -0.05) is 48.6 Å². The maximum atomic E-state index is 13.6. The number of nitrogens with zero attached hydrogens (tertiary/aromatic N) is 3. The number of aromatic nitrogens is 1. The third-order valence-electron chi connectivity index (χ3n) is 7.47. The molecule has 1 amide bonds. The molecule has 6 heteroatoms. The number of esters is 1. The highest BCUT2D eigenvalue weighted by Crippen LogP contribution is 2.52. The summed E-state index contributed by atoms with van der Waals surface area (Å²) in [5, 5.41) is 8.93. The zero-order valence-corrected chi connectivity index (χ0v) is 19.1. The van der Waals surface area contributed by atoms with Crippen LogP contribution in [0.4, 0.5) is 0 Å². The Balaban J connectivity index is 1.17. The number of amides is 1. The van der Waals surface area contributed by atoms with Gasteiger partial charge in [-0.2, -0.15) is 5.26 Å². The number of hydrogen-bond donors (Lipinski definition) is 0. The molecule has 6 nitrogen and oxygen atoms in total. The van der Waals surface area contributed by atoms with Gasteiger partial charge >= 0.3 is 5.97 Å². The van der Waals surface area contributed by atoms with E-state index in [1.165, 1.54) is 0 Å². The third kappa shape index (κ3) is 3.52. The quantitative estimate of drug-likeness (QED) is 0.423. The first-order chi connectivity index (χ1) is 17.0. The van der Waals surface area contributed by atoms with Gasteiger partial charge in [0.2, 0.25) is 5.91 Å². The number of carbonyl (C=O) groups excluding carboxylic acids is 2. The number of likely N-dealkylation sites (tertiary alicyclic amines) is 1. The maximum Gasteiger partial charge on any atom is 0.341 e. The molecule has 172 valence electrons. The second-order valence-corrected chi connectivity index (χ2v) is 9.55. The Bertz CT molecular complexity index is 1400. The average Bonchev–Trinajstić information content (AvgIpc) is 3.53. The van der Waals surface area contributed by atoms with Crippen LogP contribution in [0.25, 0.3) is 12.2 Å². The summed E-state index contributed by atoms with van der Waals surface area (Å²) >= 11 is 0. The van der Waals surface area contributed by atoms with Crippen molar-refractivity contribution in [2.75, 3.05) is 13.1 Å². The van der Waals surface area contributed by atoms with Crippen molar-refractivity contribution in [3.63, 3.8) is 0 Å². The molecule has 0 N–H and O–H groups in total. The standard InChI is InChI=1S/C29H23N3O3/c30-17-22-5-3-20(4-6-22)1-2-21-7-9-23(10-8-21)28(12-13-28)27(34)32-16-14-29(19-32)25-11-15-31-18-24(25)26(33)35-29/h1-11,15,18H,12-14,16,19H2/t29-/m0/s1. The van der Waals surface area contributed by atoms with Crippen LogP contribution in [0.2, 0.25) is 0 Å². The zero-order chi connectivity index (χ0) is 24.0.